The van der Waals surface area contributed by atoms with Crippen LogP contribution >= 0.6 is 15.9 Å². The maximum atomic E-state index is 13.0. The van der Waals surface area contributed by atoms with Crippen molar-refractivity contribution in [2.24, 2.45) is 5.92 Å². The molecule has 4 rings (SSSR count). The second-order valence-corrected chi connectivity index (χ2v) is 9.41. The van der Waals surface area contributed by atoms with Gasteiger partial charge in [0.1, 0.15) is 5.82 Å². The van der Waals surface area contributed by atoms with E-state index in [2.05, 4.69) is 25.8 Å². The molecule has 1 aliphatic carbocycles. The Morgan fingerprint density at radius 3 is 2.61 bits per heavy atom. The Morgan fingerprint density at radius 1 is 1.18 bits per heavy atom. The predicted octanol–water partition coefficient (Wildman–Crippen LogP) is 4.26. The highest BCUT2D eigenvalue weighted by atomic mass is 79.9. The van der Waals surface area contributed by atoms with E-state index in [-0.39, 0.29) is 10.5 Å². The van der Waals surface area contributed by atoms with Crippen molar-refractivity contribution in [2.45, 2.75) is 24.2 Å². The minimum absolute atomic E-state index is 0.0166. The van der Waals surface area contributed by atoms with E-state index in [4.69, 9.17) is 5.26 Å². The number of nitrogens with one attached hydrogen (secondary N) is 1. The van der Waals surface area contributed by atoms with E-state index >= 15 is 0 Å². The first-order valence-corrected chi connectivity index (χ1v) is 11.1. The molecule has 1 N–H and O–H groups in total. The van der Waals surface area contributed by atoms with E-state index in [1.165, 1.54) is 25.0 Å². The van der Waals surface area contributed by atoms with Crippen molar-refractivity contribution in [1.29, 1.82) is 5.26 Å². The molecule has 1 fully saturated rings. The maximum Gasteiger partial charge on any atom is 0.263 e. The van der Waals surface area contributed by atoms with E-state index in [9.17, 15) is 8.42 Å². The highest BCUT2D eigenvalue weighted by Crippen LogP contribution is 2.33. The first kappa shape index (κ1) is 18.7. The number of sulfonamides is 1. The lowest BCUT2D eigenvalue weighted by Gasteiger charge is -2.11. The zero-order valence-electron chi connectivity index (χ0n) is 14.8. The van der Waals surface area contributed by atoms with Gasteiger partial charge in [-0.25, -0.2) is 13.1 Å². The second-order valence-electron chi connectivity index (χ2n) is 6.81. The van der Waals surface area contributed by atoms with Crippen LogP contribution in [-0.2, 0) is 16.4 Å². The number of nitriles is 1. The third kappa shape index (κ3) is 4.11. The van der Waals surface area contributed by atoms with Crippen molar-refractivity contribution in [2.75, 3.05) is 4.72 Å². The molecule has 1 aliphatic rings. The van der Waals surface area contributed by atoms with Crippen molar-refractivity contribution in [1.82, 2.24) is 9.78 Å². The fraction of sp³-hybridized carbons (Fsp3) is 0.200. The number of anilines is 1. The van der Waals surface area contributed by atoms with Crippen molar-refractivity contribution in [3.63, 3.8) is 0 Å². The average molecular weight is 457 g/mol. The van der Waals surface area contributed by atoms with E-state index in [0.29, 0.717) is 16.2 Å². The Bertz CT molecular complexity index is 1160. The van der Waals surface area contributed by atoms with E-state index < -0.39 is 10.0 Å². The van der Waals surface area contributed by atoms with Gasteiger partial charge >= 0.3 is 0 Å². The summed E-state index contributed by atoms with van der Waals surface area (Å²) in [5.74, 6) is 1.01. The summed E-state index contributed by atoms with van der Waals surface area (Å²) in [6.45, 7) is 0. The van der Waals surface area contributed by atoms with Crippen LogP contribution in [0.5, 0.6) is 0 Å². The summed E-state index contributed by atoms with van der Waals surface area (Å²) >= 11 is 3.26. The topological polar surface area (TPSA) is 87.8 Å². The average Bonchev–Trinajstić information content (AvgIpc) is 3.41. The second kappa shape index (κ2) is 7.41. The van der Waals surface area contributed by atoms with E-state index in [0.717, 1.165) is 17.8 Å². The Morgan fingerprint density at radius 2 is 1.93 bits per heavy atom. The number of hydrogen-bond donors (Lipinski definition) is 1. The van der Waals surface area contributed by atoms with Gasteiger partial charge in [0, 0.05) is 10.5 Å². The first-order valence-electron chi connectivity index (χ1n) is 8.82. The number of aromatic nitrogens is 2. The predicted molar refractivity (Wildman–Crippen MR) is 110 cm³/mol. The van der Waals surface area contributed by atoms with Crippen LogP contribution in [0.4, 0.5) is 5.82 Å². The number of nitrogens with zero attached hydrogens (tertiary/aromatic N) is 3. The quantitative estimate of drug-likeness (QED) is 0.599. The van der Waals surface area contributed by atoms with Crippen molar-refractivity contribution in [3.8, 4) is 11.8 Å². The van der Waals surface area contributed by atoms with Gasteiger partial charge in [0.2, 0.25) is 0 Å². The standard InChI is InChI=1S/C20H17BrN4O2S/c21-16-8-15(13-22)10-19(11-16)28(26,27)24-20-12-17(9-14-6-7-14)23-25(20)18-4-2-1-3-5-18/h1-5,8,10-12,14,24H,6-7,9H2. The Balaban J connectivity index is 1.73. The van der Waals surface area contributed by atoms with Crippen LogP contribution < -0.4 is 4.72 Å². The van der Waals surface area contributed by atoms with Crippen molar-refractivity contribution in [3.05, 3.63) is 70.3 Å². The molecule has 3 aromatic rings. The minimum Gasteiger partial charge on any atom is -0.263 e. The molecule has 2 aromatic carbocycles. The normalized spacial score (nSPS) is 13.9. The molecule has 0 unspecified atom stereocenters. The number of halogens is 1. The lowest BCUT2D eigenvalue weighted by molar-refractivity contribution is 0.600. The van der Waals surface area contributed by atoms with Crippen molar-refractivity contribution < 1.29 is 8.42 Å². The molecule has 0 bridgehead atoms. The number of para-hydroxylation sites is 1. The van der Waals surface area contributed by atoms with Gasteiger partial charge in [-0.15, -0.1) is 0 Å². The molecule has 28 heavy (non-hydrogen) atoms. The van der Waals surface area contributed by atoms with Gasteiger partial charge in [-0.1, -0.05) is 34.1 Å². The minimum atomic E-state index is -3.89. The molecule has 142 valence electrons. The molecule has 8 heteroatoms. The third-order valence-corrected chi connectivity index (χ3v) is 6.30. The molecule has 0 saturated heterocycles. The summed E-state index contributed by atoms with van der Waals surface area (Å²) in [7, 11) is -3.89. The Kier molecular flexibility index (Phi) is 4.96. The molecular formula is C20H17BrN4O2S. The fourth-order valence-electron chi connectivity index (χ4n) is 2.97. The summed E-state index contributed by atoms with van der Waals surface area (Å²) < 4.78 is 30.7. The fourth-order valence-corrected chi connectivity index (χ4v) is 4.71. The van der Waals surface area contributed by atoms with Crippen LogP contribution in [0.2, 0.25) is 0 Å². The zero-order chi connectivity index (χ0) is 19.7. The summed E-state index contributed by atoms with van der Waals surface area (Å²) in [4.78, 5) is 0.0166. The van der Waals surface area contributed by atoms with E-state index in [1.807, 2.05) is 36.4 Å². The summed E-state index contributed by atoms with van der Waals surface area (Å²) in [6, 6.07) is 17.5. The van der Waals surface area contributed by atoms with Crippen molar-refractivity contribution >= 4 is 31.8 Å². The van der Waals surface area contributed by atoms with Gasteiger partial charge in [-0.2, -0.15) is 10.4 Å². The smallest absolute Gasteiger partial charge is 0.263 e. The molecule has 0 spiro atoms. The molecule has 6 nitrogen and oxygen atoms in total. The monoisotopic (exact) mass is 456 g/mol. The number of hydrogen-bond acceptors (Lipinski definition) is 4. The SMILES string of the molecule is N#Cc1cc(Br)cc(S(=O)(=O)Nc2cc(CC3CC3)nn2-c2ccccc2)c1. The lowest BCUT2D eigenvalue weighted by Crippen LogP contribution is -2.16. The highest BCUT2D eigenvalue weighted by Gasteiger charge is 2.25. The number of rotatable bonds is 6. The largest absolute Gasteiger partial charge is 0.263 e. The molecule has 1 aromatic heterocycles. The van der Waals surface area contributed by atoms with Crippen LogP contribution in [0.25, 0.3) is 5.69 Å². The van der Waals surface area contributed by atoms with E-state index in [1.54, 1.807) is 16.8 Å². The summed E-state index contributed by atoms with van der Waals surface area (Å²) in [5.41, 5.74) is 1.89. The summed E-state index contributed by atoms with van der Waals surface area (Å²) in [6.07, 6.45) is 3.21. The van der Waals surface area contributed by atoms with Crippen LogP contribution in [0.3, 0.4) is 0 Å². The van der Waals surface area contributed by atoms with Crippen LogP contribution in [-0.4, -0.2) is 18.2 Å². The molecule has 0 atom stereocenters. The Hall–Kier alpha value is -2.63. The molecule has 0 radical (unpaired) electrons. The van der Waals surface area contributed by atoms with Crippen LogP contribution in [0.1, 0.15) is 24.1 Å². The van der Waals surface area contributed by atoms with Gasteiger partial charge in [-0.05, 0) is 55.5 Å². The van der Waals surface area contributed by atoms with Crippen LogP contribution in [0.15, 0.2) is 64.0 Å². The lowest BCUT2D eigenvalue weighted by atomic mass is 10.2. The first-order chi connectivity index (χ1) is 13.4. The summed E-state index contributed by atoms with van der Waals surface area (Å²) in [5, 5.41) is 13.7. The van der Waals surface area contributed by atoms with Gasteiger partial charge in [0.05, 0.1) is 27.9 Å². The molecule has 1 saturated carbocycles. The van der Waals surface area contributed by atoms with Gasteiger partial charge < -0.3 is 0 Å². The number of benzene rings is 2. The maximum absolute atomic E-state index is 13.0. The van der Waals surface area contributed by atoms with Gasteiger partial charge in [-0.3, -0.25) is 4.72 Å². The van der Waals surface area contributed by atoms with Gasteiger partial charge in [0.25, 0.3) is 10.0 Å². The van der Waals surface area contributed by atoms with Gasteiger partial charge in [0.15, 0.2) is 0 Å². The third-order valence-electron chi connectivity index (χ3n) is 4.51. The Labute approximate surface area is 172 Å². The molecule has 0 aliphatic heterocycles. The van der Waals surface area contributed by atoms with Crippen LogP contribution in [0, 0.1) is 17.2 Å². The molecular weight excluding hydrogens is 440 g/mol. The molecule has 1 heterocycles. The zero-order valence-corrected chi connectivity index (χ0v) is 17.2. The highest BCUT2D eigenvalue weighted by molar-refractivity contribution is 9.10. The molecule has 0 amide bonds.